The summed E-state index contributed by atoms with van der Waals surface area (Å²) in [5, 5.41) is 8.66. The van der Waals surface area contributed by atoms with Crippen molar-refractivity contribution in [3.05, 3.63) is 0 Å². The summed E-state index contributed by atoms with van der Waals surface area (Å²) < 4.78 is 11.5. The zero-order valence-electron chi connectivity index (χ0n) is 9.29. The summed E-state index contributed by atoms with van der Waals surface area (Å²) >= 11 is 0. The molecule has 1 fully saturated rings. The van der Waals surface area contributed by atoms with Crippen molar-refractivity contribution in [3.63, 3.8) is 0 Å². The molecule has 1 aliphatic heterocycles. The summed E-state index contributed by atoms with van der Waals surface area (Å²) in [5.41, 5.74) is 0. The molecule has 0 radical (unpaired) electrons. The van der Waals surface area contributed by atoms with Crippen LogP contribution in [0.4, 0.5) is 0 Å². The highest BCUT2D eigenvalue weighted by molar-refractivity contribution is 4.74. The number of ether oxygens (including phenoxy) is 2. The summed E-state index contributed by atoms with van der Waals surface area (Å²) in [5.74, 6) is -0.349. The molecule has 0 saturated carbocycles. The highest BCUT2D eigenvalue weighted by Gasteiger charge is 2.35. The first-order chi connectivity index (χ1) is 6.70. The van der Waals surface area contributed by atoms with E-state index in [9.17, 15) is 0 Å². The van der Waals surface area contributed by atoms with Crippen LogP contribution in [0, 0.1) is 0 Å². The average Bonchev–Trinajstić information content (AvgIpc) is 2.49. The second kappa shape index (κ2) is 5.69. The van der Waals surface area contributed by atoms with Gasteiger partial charge in [0.1, 0.15) is 0 Å². The van der Waals surface area contributed by atoms with Crippen LogP contribution in [0.5, 0.6) is 0 Å². The molecule has 3 heteroatoms. The summed E-state index contributed by atoms with van der Waals surface area (Å²) in [6.45, 7) is 5.14. The lowest BCUT2D eigenvalue weighted by molar-refractivity contribution is -0.159. The van der Waals surface area contributed by atoms with Crippen molar-refractivity contribution in [2.45, 2.75) is 57.8 Å². The first kappa shape index (κ1) is 12.0. The zero-order chi connectivity index (χ0) is 10.4. The van der Waals surface area contributed by atoms with Gasteiger partial charge in [-0.1, -0.05) is 13.3 Å². The molecule has 0 aliphatic carbocycles. The Kier molecular flexibility index (Phi) is 4.85. The molecule has 1 aliphatic rings. The molecular weight excluding hydrogens is 180 g/mol. The van der Waals surface area contributed by atoms with Gasteiger partial charge in [0.15, 0.2) is 5.79 Å². The summed E-state index contributed by atoms with van der Waals surface area (Å²) in [6.07, 6.45) is 5.17. The first-order valence-corrected chi connectivity index (χ1v) is 5.63. The molecule has 0 aromatic rings. The van der Waals surface area contributed by atoms with Crippen molar-refractivity contribution in [3.8, 4) is 0 Å². The van der Waals surface area contributed by atoms with Crippen LogP contribution in [-0.2, 0) is 9.47 Å². The Balaban J connectivity index is 2.19. The van der Waals surface area contributed by atoms with Gasteiger partial charge in [-0.05, 0) is 26.2 Å². The number of hydrogen-bond acceptors (Lipinski definition) is 3. The predicted octanol–water partition coefficient (Wildman–Crippen LogP) is 2.08. The molecule has 0 aromatic heterocycles. The first-order valence-electron chi connectivity index (χ1n) is 5.63. The molecule has 1 saturated heterocycles. The van der Waals surface area contributed by atoms with Crippen LogP contribution < -0.4 is 0 Å². The number of hydrogen-bond donors (Lipinski definition) is 1. The van der Waals surface area contributed by atoms with Gasteiger partial charge >= 0.3 is 0 Å². The van der Waals surface area contributed by atoms with Crippen molar-refractivity contribution >= 4 is 0 Å². The molecule has 0 aromatic carbocycles. The molecule has 1 rings (SSSR count). The van der Waals surface area contributed by atoms with Crippen LogP contribution in [0.1, 0.15) is 46.0 Å². The van der Waals surface area contributed by atoms with E-state index < -0.39 is 0 Å². The monoisotopic (exact) mass is 202 g/mol. The van der Waals surface area contributed by atoms with Crippen molar-refractivity contribution < 1.29 is 14.6 Å². The minimum atomic E-state index is -0.349. The van der Waals surface area contributed by atoms with E-state index in [4.69, 9.17) is 14.6 Å². The minimum Gasteiger partial charge on any atom is -0.396 e. The predicted molar refractivity (Wildman–Crippen MR) is 55.1 cm³/mol. The van der Waals surface area contributed by atoms with Gasteiger partial charge in [-0.2, -0.15) is 0 Å². The Morgan fingerprint density at radius 2 is 2.21 bits per heavy atom. The molecule has 2 atom stereocenters. The Bertz CT molecular complexity index is 161. The van der Waals surface area contributed by atoms with Gasteiger partial charge < -0.3 is 14.6 Å². The van der Waals surface area contributed by atoms with E-state index >= 15 is 0 Å². The van der Waals surface area contributed by atoms with Gasteiger partial charge in [0.2, 0.25) is 0 Å². The molecular formula is C11H22O3. The Morgan fingerprint density at radius 3 is 2.86 bits per heavy atom. The maximum atomic E-state index is 8.66. The number of rotatable bonds is 6. The average molecular weight is 202 g/mol. The normalized spacial score (nSPS) is 32.4. The van der Waals surface area contributed by atoms with Crippen molar-refractivity contribution in [1.29, 1.82) is 0 Å². The minimum absolute atomic E-state index is 0.234. The van der Waals surface area contributed by atoms with Gasteiger partial charge in [-0.3, -0.25) is 0 Å². The van der Waals surface area contributed by atoms with Crippen molar-refractivity contribution in [2.75, 3.05) is 13.2 Å². The van der Waals surface area contributed by atoms with E-state index in [1.165, 1.54) is 0 Å². The van der Waals surface area contributed by atoms with Crippen molar-refractivity contribution in [1.82, 2.24) is 0 Å². The fourth-order valence-corrected chi connectivity index (χ4v) is 1.90. The summed E-state index contributed by atoms with van der Waals surface area (Å²) in [6, 6.07) is 0. The zero-order valence-corrected chi connectivity index (χ0v) is 9.29. The molecule has 0 spiro atoms. The quantitative estimate of drug-likeness (QED) is 0.670. The van der Waals surface area contributed by atoms with Crippen LogP contribution in [0.3, 0.4) is 0 Å². The van der Waals surface area contributed by atoms with E-state index in [2.05, 4.69) is 6.92 Å². The van der Waals surface area contributed by atoms with Gasteiger partial charge in [0, 0.05) is 13.0 Å². The van der Waals surface area contributed by atoms with E-state index in [0.29, 0.717) is 6.61 Å². The van der Waals surface area contributed by atoms with Crippen LogP contribution in [0.25, 0.3) is 0 Å². The van der Waals surface area contributed by atoms with E-state index in [-0.39, 0.29) is 18.5 Å². The lowest BCUT2D eigenvalue weighted by atomic mass is 10.1. The van der Waals surface area contributed by atoms with Gasteiger partial charge in [0.25, 0.3) is 0 Å². The molecule has 0 bridgehead atoms. The number of aliphatic hydroxyl groups excluding tert-OH is 1. The molecule has 1 heterocycles. The molecule has 14 heavy (non-hydrogen) atoms. The van der Waals surface area contributed by atoms with E-state index in [1.54, 1.807) is 0 Å². The Morgan fingerprint density at radius 1 is 1.43 bits per heavy atom. The van der Waals surface area contributed by atoms with Crippen LogP contribution in [-0.4, -0.2) is 30.2 Å². The number of aliphatic hydroxyl groups is 1. The van der Waals surface area contributed by atoms with E-state index in [0.717, 1.165) is 32.1 Å². The maximum absolute atomic E-state index is 8.66. The lowest BCUT2D eigenvalue weighted by Crippen LogP contribution is -2.26. The molecule has 3 nitrogen and oxygen atoms in total. The maximum Gasteiger partial charge on any atom is 0.166 e. The largest absolute Gasteiger partial charge is 0.396 e. The SMILES string of the molecule is CCC[C@@]1(C)OC[C@H](CCCCO)O1. The van der Waals surface area contributed by atoms with Crippen molar-refractivity contribution in [2.24, 2.45) is 0 Å². The van der Waals surface area contributed by atoms with Crippen LogP contribution >= 0.6 is 0 Å². The van der Waals surface area contributed by atoms with Crippen LogP contribution in [0.2, 0.25) is 0 Å². The summed E-state index contributed by atoms with van der Waals surface area (Å²) in [7, 11) is 0. The van der Waals surface area contributed by atoms with E-state index in [1.807, 2.05) is 6.92 Å². The highest BCUT2D eigenvalue weighted by atomic mass is 16.7. The molecule has 0 amide bonds. The second-order valence-electron chi connectivity index (χ2n) is 4.15. The third kappa shape index (κ3) is 3.56. The van der Waals surface area contributed by atoms with Gasteiger partial charge in [-0.25, -0.2) is 0 Å². The smallest absolute Gasteiger partial charge is 0.166 e. The highest BCUT2D eigenvalue weighted by Crippen LogP contribution is 2.29. The third-order valence-corrected chi connectivity index (χ3v) is 2.63. The fourth-order valence-electron chi connectivity index (χ4n) is 1.90. The topological polar surface area (TPSA) is 38.7 Å². The lowest BCUT2D eigenvalue weighted by Gasteiger charge is -2.22. The third-order valence-electron chi connectivity index (χ3n) is 2.63. The van der Waals surface area contributed by atoms with Crippen LogP contribution in [0.15, 0.2) is 0 Å². The second-order valence-corrected chi connectivity index (χ2v) is 4.15. The standard InChI is InChI=1S/C11H22O3/c1-3-7-11(2)13-9-10(14-11)6-4-5-8-12/h10,12H,3-9H2,1-2H3/t10-,11-/m0/s1. The molecule has 84 valence electrons. The molecule has 1 N–H and O–H groups in total. The summed E-state index contributed by atoms with van der Waals surface area (Å²) in [4.78, 5) is 0. The van der Waals surface area contributed by atoms with Gasteiger partial charge in [0.05, 0.1) is 12.7 Å². The Labute approximate surface area is 86.4 Å². The Hall–Kier alpha value is -0.120. The number of unbranched alkanes of at least 4 members (excludes halogenated alkanes) is 1. The molecule has 0 unspecified atom stereocenters. The van der Waals surface area contributed by atoms with Gasteiger partial charge in [-0.15, -0.1) is 0 Å². The fraction of sp³-hybridized carbons (Fsp3) is 1.00.